The first-order chi connectivity index (χ1) is 7.74. The fraction of sp³-hybridized carbons (Fsp3) is 0.818. The van der Waals surface area contributed by atoms with E-state index in [9.17, 15) is 9.59 Å². The van der Waals surface area contributed by atoms with Gasteiger partial charge in [0.1, 0.15) is 11.6 Å². The highest BCUT2D eigenvalue weighted by Gasteiger charge is 2.40. The fourth-order valence-electron chi connectivity index (χ4n) is 1.75. The SMILES string of the molecule is COC(=O)C1C[C@H](N)CN1C(=O)OC(C)(C)C. The first kappa shape index (κ1) is 13.8. The Labute approximate surface area is 101 Å². The van der Waals surface area contributed by atoms with Gasteiger partial charge in [-0.2, -0.15) is 0 Å². The molecule has 1 fully saturated rings. The summed E-state index contributed by atoms with van der Waals surface area (Å²) in [4.78, 5) is 24.7. The number of nitrogens with zero attached hydrogens (tertiary/aromatic N) is 1. The average Bonchev–Trinajstić information content (AvgIpc) is 2.56. The number of rotatable bonds is 1. The predicted octanol–water partition coefficient (Wildman–Crippen LogP) is 0.496. The van der Waals surface area contributed by atoms with Gasteiger partial charge in [-0.15, -0.1) is 0 Å². The monoisotopic (exact) mass is 244 g/mol. The van der Waals surface area contributed by atoms with Gasteiger partial charge in [0.15, 0.2) is 0 Å². The van der Waals surface area contributed by atoms with Gasteiger partial charge in [-0.05, 0) is 27.2 Å². The molecule has 1 rings (SSSR count). The second-order valence-electron chi connectivity index (χ2n) is 5.17. The first-order valence-corrected chi connectivity index (χ1v) is 5.57. The standard InChI is InChI=1S/C11H20N2O4/c1-11(2,3)17-10(15)13-6-7(12)5-8(13)9(14)16-4/h7-8H,5-6,12H2,1-4H3/t7-,8?/m0/s1. The summed E-state index contributed by atoms with van der Waals surface area (Å²) in [5.41, 5.74) is 5.16. The molecular weight excluding hydrogens is 224 g/mol. The molecule has 0 aliphatic carbocycles. The Morgan fingerprint density at radius 2 is 1.94 bits per heavy atom. The lowest BCUT2D eigenvalue weighted by Crippen LogP contribution is -2.44. The van der Waals surface area contributed by atoms with Gasteiger partial charge in [-0.25, -0.2) is 9.59 Å². The molecule has 1 saturated heterocycles. The van der Waals surface area contributed by atoms with Crippen LogP contribution in [0.15, 0.2) is 0 Å². The van der Waals surface area contributed by atoms with Crippen molar-refractivity contribution in [2.45, 2.75) is 44.9 Å². The Kier molecular flexibility index (Phi) is 3.98. The lowest BCUT2D eigenvalue weighted by Gasteiger charge is -2.27. The Morgan fingerprint density at radius 3 is 2.41 bits per heavy atom. The average molecular weight is 244 g/mol. The van der Waals surface area contributed by atoms with E-state index in [-0.39, 0.29) is 6.04 Å². The van der Waals surface area contributed by atoms with Crippen molar-refractivity contribution in [2.75, 3.05) is 13.7 Å². The van der Waals surface area contributed by atoms with Crippen LogP contribution in [0.4, 0.5) is 4.79 Å². The molecule has 0 bridgehead atoms. The number of methoxy groups -OCH3 is 1. The molecule has 1 aliphatic rings. The van der Waals surface area contributed by atoms with Crippen molar-refractivity contribution in [1.82, 2.24) is 4.90 Å². The van der Waals surface area contributed by atoms with E-state index in [1.807, 2.05) is 0 Å². The van der Waals surface area contributed by atoms with Crippen LogP contribution < -0.4 is 5.73 Å². The lowest BCUT2D eigenvalue weighted by molar-refractivity contribution is -0.145. The van der Waals surface area contributed by atoms with Crippen molar-refractivity contribution in [3.05, 3.63) is 0 Å². The maximum absolute atomic E-state index is 11.9. The van der Waals surface area contributed by atoms with Gasteiger partial charge in [0.05, 0.1) is 7.11 Å². The third kappa shape index (κ3) is 3.59. The highest BCUT2D eigenvalue weighted by atomic mass is 16.6. The minimum Gasteiger partial charge on any atom is -0.467 e. The molecule has 1 aliphatic heterocycles. The van der Waals surface area contributed by atoms with Crippen LogP contribution in [0, 0.1) is 0 Å². The quantitative estimate of drug-likeness (QED) is 0.679. The highest BCUT2D eigenvalue weighted by molar-refractivity contribution is 5.82. The molecule has 0 saturated carbocycles. The summed E-state index contributed by atoms with van der Waals surface area (Å²) >= 11 is 0. The number of nitrogens with two attached hydrogens (primary N) is 1. The van der Waals surface area contributed by atoms with Gasteiger partial charge in [0.2, 0.25) is 0 Å². The van der Waals surface area contributed by atoms with Crippen LogP contribution in [0.25, 0.3) is 0 Å². The van der Waals surface area contributed by atoms with Gasteiger partial charge in [-0.3, -0.25) is 4.90 Å². The highest BCUT2D eigenvalue weighted by Crippen LogP contribution is 2.21. The maximum Gasteiger partial charge on any atom is 0.411 e. The summed E-state index contributed by atoms with van der Waals surface area (Å²) in [5.74, 6) is -0.455. The van der Waals surface area contributed by atoms with Crippen molar-refractivity contribution in [2.24, 2.45) is 5.73 Å². The smallest absolute Gasteiger partial charge is 0.411 e. The van der Waals surface area contributed by atoms with Gasteiger partial charge in [0, 0.05) is 12.6 Å². The van der Waals surface area contributed by atoms with Gasteiger partial charge in [0.25, 0.3) is 0 Å². The summed E-state index contributed by atoms with van der Waals surface area (Å²) in [6, 6.07) is -0.850. The van der Waals surface area contributed by atoms with E-state index in [2.05, 4.69) is 4.74 Å². The van der Waals surface area contributed by atoms with Crippen molar-refractivity contribution in [1.29, 1.82) is 0 Å². The number of likely N-dealkylation sites (tertiary alicyclic amines) is 1. The van der Waals surface area contributed by atoms with Crippen LogP contribution in [0.3, 0.4) is 0 Å². The van der Waals surface area contributed by atoms with Crippen LogP contribution in [0.2, 0.25) is 0 Å². The second kappa shape index (κ2) is 4.91. The topological polar surface area (TPSA) is 81.9 Å². The van der Waals surface area contributed by atoms with Crippen LogP contribution in [-0.2, 0) is 14.3 Å². The number of carbonyl (C=O) groups excluding carboxylic acids is 2. The molecule has 17 heavy (non-hydrogen) atoms. The summed E-state index contributed by atoms with van der Waals surface area (Å²) in [7, 11) is 1.29. The molecule has 98 valence electrons. The van der Waals surface area contributed by atoms with Gasteiger partial charge in [-0.1, -0.05) is 0 Å². The molecule has 1 amide bonds. The van der Waals surface area contributed by atoms with Crippen LogP contribution in [0.5, 0.6) is 0 Å². The number of esters is 1. The number of ether oxygens (including phenoxy) is 2. The molecule has 6 heteroatoms. The Morgan fingerprint density at radius 1 is 1.35 bits per heavy atom. The van der Waals surface area contributed by atoms with Crippen LogP contribution in [0.1, 0.15) is 27.2 Å². The molecule has 6 nitrogen and oxygen atoms in total. The molecule has 2 N–H and O–H groups in total. The third-order valence-corrected chi connectivity index (χ3v) is 2.43. The number of carbonyl (C=O) groups is 2. The lowest BCUT2D eigenvalue weighted by atomic mass is 10.2. The summed E-state index contributed by atoms with van der Waals surface area (Å²) in [6.45, 7) is 5.63. The largest absolute Gasteiger partial charge is 0.467 e. The first-order valence-electron chi connectivity index (χ1n) is 5.57. The van der Waals surface area contributed by atoms with E-state index in [0.29, 0.717) is 13.0 Å². The second-order valence-corrected chi connectivity index (χ2v) is 5.17. The summed E-state index contributed by atoms with van der Waals surface area (Å²) in [5, 5.41) is 0. The molecule has 1 heterocycles. The van der Waals surface area contributed by atoms with Crippen molar-refractivity contribution < 1.29 is 19.1 Å². The Hall–Kier alpha value is -1.30. The molecule has 0 radical (unpaired) electrons. The van der Waals surface area contributed by atoms with Crippen LogP contribution >= 0.6 is 0 Å². The van der Waals surface area contributed by atoms with E-state index < -0.39 is 23.7 Å². The third-order valence-electron chi connectivity index (χ3n) is 2.43. The van der Waals surface area contributed by atoms with E-state index in [4.69, 9.17) is 10.5 Å². The molecule has 0 aromatic rings. The van der Waals surface area contributed by atoms with E-state index in [0.717, 1.165) is 0 Å². The van der Waals surface area contributed by atoms with Crippen molar-refractivity contribution >= 4 is 12.1 Å². The number of amides is 1. The van der Waals surface area contributed by atoms with E-state index in [1.54, 1.807) is 20.8 Å². The zero-order valence-corrected chi connectivity index (χ0v) is 10.7. The summed E-state index contributed by atoms with van der Waals surface area (Å²) in [6.07, 6.45) is -0.118. The molecule has 0 aromatic carbocycles. The maximum atomic E-state index is 11.9. The Balaban J connectivity index is 2.73. The van der Waals surface area contributed by atoms with Gasteiger partial charge >= 0.3 is 12.1 Å². The van der Waals surface area contributed by atoms with Crippen molar-refractivity contribution in [3.63, 3.8) is 0 Å². The molecule has 0 spiro atoms. The zero-order chi connectivity index (χ0) is 13.2. The molecule has 0 aromatic heterocycles. The Bertz CT molecular complexity index is 311. The summed E-state index contributed by atoms with van der Waals surface area (Å²) < 4.78 is 9.87. The van der Waals surface area contributed by atoms with Gasteiger partial charge < -0.3 is 15.2 Å². The zero-order valence-electron chi connectivity index (χ0n) is 10.7. The minimum absolute atomic E-state index is 0.216. The number of hydrogen-bond acceptors (Lipinski definition) is 5. The molecule has 2 atom stereocenters. The minimum atomic E-state index is -0.634. The van der Waals surface area contributed by atoms with Crippen LogP contribution in [-0.4, -0.2) is 48.3 Å². The molecule has 1 unspecified atom stereocenters. The van der Waals surface area contributed by atoms with E-state index >= 15 is 0 Å². The number of hydrogen-bond donors (Lipinski definition) is 1. The predicted molar refractivity (Wildman–Crippen MR) is 61.3 cm³/mol. The van der Waals surface area contributed by atoms with Crippen molar-refractivity contribution in [3.8, 4) is 0 Å². The molecular formula is C11H20N2O4. The van der Waals surface area contributed by atoms with E-state index in [1.165, 1.54) is 12.0 Å². The normalized spacial score (nSPS) is 24.6. The fourth-order valence-corrected chi connectivity index (χ4v) is 1.75.